The van der Waals surface area contributed by atoms with Crippen molar-refractivity contribution in [2.75, 3.05) is 13.3 Å². The van der Waals surface area contributed by atoms with Gasteiger partial charge in [0.1, 0.15) is 0 Å². The van der Waals surface area contributed by atoms with Gasteiger partial charge in [0.05, 0.1) is 8.07 Å². The number of rotatable bonds is 3. The minimum Gasteiger partial charge on any atom is -0.0977 e. The van der Waals surface area contributed by atoms with Gasteiger partial charge in [-0.2, -0.15) is 0 Å². The van der Waals surface area contributed by atoms with Crippen molar-refractivity contribution in [1.29, 1.82) is 0 Å². The standard InChI is InChI=1S/C12H21PSSi/c1-13(2,14)10-11-6-8-12(9-7-11)15(3,4)5/h6-9H,10H2,1-5H3. The maximum absolute atomic E-state index is 5.49. The Kier molecular flexibility index (Phi) is 3.97. The van der Waals surface area contributed by atoms with Crippen LogP contribution in [0.3, 0.4) is 0 Å². The topological polar surface area (TPSA) is 0 Å². The quantitative estimate of drug-likeness (QED) is 0.589. The smallest absolute Gasteiger partial charge is 0.0775 e. The number of benzene rings is 1. The van der Waals surface area contributed by atoms with Crippen LogP contribution in [0.25, 0.3) is 0 Å². The van der Waals surface area contributed by atoms with Gasteiger partial charge in [0.15, 0.2) is 0 Å². The molecular formula is C12H21PSSi. The Labute approximate surface area is 100 Å². The van der Waals surface area contributed by atoms with E-state index < -0.39 is 14.1 Å². The lowest BCUT2D eigenvalue weighted by molar-refractivity contribution is 1.40. The van der Waals surface area contributed by atoms with Crippen molar-refractivity contribution in [2.24, 2.45) is 0 Å². The van der Waals surface area contributed by atoms with Crippen molar-refractivity contribution < 1.29 is 0 Å². The van der Waals surface area contributed by atoms with Gasteiger partial charge >= 0.3 is 0 Å². The summed E-state index contributed by atoms with van der Waals surface area (Å²) in [5, 5.41) is 1.53. The molecule has 84 valence electrons. The molecule has 1 aromatic rings. The molecule has 0 saturated carbocycles. The zero-order valence-electron chi connectivity index (χ0n) is 10.4. The van der Waals surface area contributed by atoms with E-state index in [1.54, 1.807) is 0 Å². The molecule has 0 spiro atoms. The van der Waals surface area contributed by atoms with Gasteiger partial charge in [-0.25, -0.2) is 0 Å². The van der Waals surface area contributed by atoms with Gasteiger partial charge in [0.25, 0.3) is 0 Å². The van der Waals surface area contributed by atoms with Crippen LogP contribution in [-0.4, -0.2) is 21.4 Å². The molecular weight excluding hydrogens is 235 g/mol. The van der Waals surface area contributed by atoms with Crippen LogP contribution in [0.15, 0.2) is 24.3 Å². The Hall–Kier alpha value is 0.0869. The lowest BCUT2D eigenvalue weighted by Crippen LogP contribution is -2.37. The second-order valence-corrected chi connectivity index (χ2v) is 17.2. The molecule has 0 N–H and O–H groups in total. The highest BCUT2D eigenvalue weighted by molar-refractivity contribution is 8.13. The van der Waals surface area contributed by atoms with E-state index in [-0.39, 0.29) is 0 Å². The predicted octanol–water partition coefficient (Wildman–Crippen LogP) is 3.47. The molecule has 1 aromatic carbocycles. The minimum atomic E-state index is -1.13. The predicted molar refractivity (Wildman–Crippen MR) is 79.3 cm³/mol. The average Bonchev–Trinajstić information content (AvgIpc) is 2.00. The van der Waals surface area contributed by atoms with Crippen LogP contribution in [0.4, 0.5) is 0 Å². The molecule has 0 bridgehead atoms. The molecule has 0 aliphatic rings. The third kappa shape index (κ3) is 4.63. The molecule has 0 saturated heterocycles. The zero-order valence-corrected chi connectivity index (χ0v) is 13.1. The van der Waals surface area contributed by atoms with Gasteiger partial charge in [-0.3, -0.25) is 0 Å². The summed E-state index contributed by atoms with van der Waals surface area (Å²) in [6.45, 7) is 11.6. The summed E-state index contributed by atoms with van der Waals surface area (Å²) in [5.41, 5.74) is 1.41. The van der Waals surface area contributed by atoms with Crippen LogP contribution in [-0.2, 0) is 18.0 Å². The van der Waals surface area contributed by atoms with Crippen molar-refractivity contribution in [3.8, 4) is 0 Å². The first-order valence-electron chi connectivity index (χ1n) is 5.32. The molecule has 1 rings (SSSR count). The van der Waals surface area contributed by atoms with E-state index in [1.165, 1.54) is 10.8 Å². The summed E-state index contributed by atoms with van der Waals surface area (Å²) in [6.07, 6.45) is 1.09. The van der Waals surface area contributed by atoms with Crippen LogP contribution in [0.1, 0.15) is 5.56 Å². The second kappa shape index (κ2) is 4.53. The summed E-state index contributed by atoms with van der Waals surface area (Å²) in [6, 6.07) is 8.03. The largest absolute Gasteiger partial charge is 0.0977 e. The lowest BCUT2D eigenvalue weighted by atomic mass is 10.2. The molecule has 0 unspecified atom stereocenters. The van der Waals surface area contributed by atoms with E-state index in [1.807, 2.05) is 0 Å². The zero-order chi connectivity index (χ0) is 11.7. The minimum absolute atomic E-state index is 1.09. The third-order valence-corrected chi connectivity index (χ3v) is 5.96. The first-order chi connectivity index (χ1) is 6.68. The molecule has 0 aromatic heterocycles. The van der Waals surface area contributed by atoms with Gasteiger partial charge in [0.2, 0.25) is 0 Å². The Balaban J connectivity index is 2.87. The molecule has 3 heteroatoms. The number of hydrogen-bond donors (Lipinski definition) is 0. The fraction of sp³-hybridized carbons (Fsp3) is 0.500. The summed E-state index contributed by atoms with van der Waals surface area (Å²) < 4.78 is 0. The highest BCUT2D eigenvalue weighted by Crippen LogP contribution is 2.40. The third-order valence-electron chi connectivity index (χ3n) is 2.38. The van der Waals surface area contributed by atoms with Gasteiger partial charge in [-0.1, -0.05) is 60.9 Å². The summed E-state index contributed by atoms with van der Waals surface area (Å²) in [5.74, 6) is 0. The van der Waals surface area contributed by atoms with E-state index in [0.717, 1.165) is 6.16 Å². The monoisotopic (exact) mass is 256 g/mol. The van der Waals surface area contributed by atoms with Crippen molar-refractivity contribution in [2.45, 2.75) is 25.8 Å². The maximum Gasteiger partial charge on any atom is 0.0775 e. The molecule has 0 aliphatic heterocycles. The molecule has 0 radical (unpaired) electrons. The molecule has 0 heterocycles. The SMILES string of the molecule is C[Si](C)(C)c1ccc(CP(C)(C)=S)cc1. The fourth-order valence-electron chi connectivity index (χ4n) is 1.55. The normalized spacial score (nSPS) is 12.9. The Bertz CT molecular complexity index is 370. The van der Waals surface area contributed by atoms with E-state index >= 15 is 0 Å². The Morgan fingerprint density at radius 3 is 1.87 bits per heavy atom. The molecule has 0 amide bonds. The highest BCUT2D eigenvalue weighted by Gasteiger charge is 2.15. The van der Waals surface area contributed by atoms with Crippen LogP contribution in [0.2, 0.25) is 19.6 Å². The molecule has 0 aliphatic carbocycles. The van der Waals surface area contributed by atoms with Crippen molar-refractivity contribution in [3.05, 3.63) is 29.8 Å². The number of hydrogen-bond acceptors (Lipinski definition) is 1. The van der Waals surface area contributed by atoms with Crippen LogP contribution < -0.4 is 5.19 Å². The first-order valence-corrected chi connectivity index (χ1v) is 12.7. The van der Waals surface area contributed by atoms with Crippen LogP contribution in [0.5, 0.6) is 0 Å². The van der Waals surface area contributed by atoms with E-state index in [9.17, 15) is 0 Å². The van der Waals surface area contributed by atoms with E-state index in [4.69, 9.17) is 11.8 Å². The van der Waals surface area contributed by atoms with Gasteiger partial charge in [0, 0.05) is 6.16 Å². The summed E-state index contributed by atoms with van der Waals surface area (Å²) in [7, 11) is -1.13. The van der Waals surface area contributed by atoms with Gasteiger partial charge < -0.3 is 0 Å². The maximum atomic E-state index is 5.49. The van der Waals surface area contributed by atoms with Crippen molar-refractivity contribution >= 4 is 31.1 Å². The second-order valence-electron chi connectivity index (χ2n) is 5.68. The average molecular weight is 256 g/mol. The summed E-state index contributed by atoms with van der Waals surface area (Å²) in [4.78, 5) is 0. The molecule has 15 heavy (non-hydrogen) atoms. The summed E-state index contributed by atoms with van der Waals surface area (Å²) >= 11 is 5.49. The van der Waals surface area contributed by atoms with Crippen LogP contribution in [0, 0.1) is 0 Å². The van der Waals surface area contributed by atoms with E-state index in [2.05, 4.69) is 57.2 Å². The molecule has 0 atom stereocenters. The van der Waals surface area contributed by atoms with Gasteiger partial charge in [-0.05, 0) is 24.9 Å². The molecule has 0 fully saturated rings. The fourth-order valence-corrected chi connectivity index (χ4v) is 4.25. The van der Waals surface area contributed by atoms with Crippen molar-refractivity contribution in [3.63, 3.8) is 0 Å². The first kappa shape index (κ1) is 13.2. The Morgan fingerprint density at radius 2 is 1.53 bits per heavy atom. The highest BCUT2D eigenvalue weighted by atomic mass is 32.4. The Morgan fingerprint density at radius 1 is 1.07 bits per heavy atom. The van der Waals surface area contributed by atoms with Crippen LogP contribution >= 0.6 is 6.04 Å². The van der Waals surface area contributed by atoms with E-state index in [0.29, 0.717) is 0 Å². The van der Waals surface area contributed by atoms with Crippen molar-refractivity contribution in [1.82, 2.24) is 0 Å². The lowest BCUT2D eigenvalue weighted by Gasteiger charge is -2.17. The van der Waals surface area contributed by atoms with Gasteiger partial charge in [-0.15, -0.1) is 0 Å². The molecule has 0 nitrogen and oxygen atoms in total.